The monoisotopic (exact) mass is 197 g/mol. The van der Waals surface area contributed by atoms with Gasteiger partial charge in [0, 0.05) is 7.11 Å². The highest BCUT2D eigenvalue weighted by Gasteiger charge is 1.86. The van der Waals surface area contributed by atoms with E-state index in [1.165, 1.54) is 0 Å². The van der Waals surface area contributed by atoms with Crippen molar-refractivity contribution >= 4 is 18.0 Å². The third-order valence-electron chi connectivity index (χ3n) is 0.856. The summed E-state index contributed by atoms with van der Waals surface area (Å²) in [4.78, 5) is 0. The maximum atomic E-state index is 5.12. The van der Waals surface area contributed by atoms with Crippen molar-refractivity contribution in [3.8, 4) is 0 Å². The number of ether oxygens (including phenoxy) is 2. The van der Waals surface area contributed by atoms with Crippen LogP contribution in [0.15, 0.2) is 4.52 Å². The van der Waals surface area contributed by atoms with Gasteiger partial charge in [0.2, 0.25) is 0 Å². The lowest BCUT2D eigenvalue weighted by Gasteiger charge is -2.00. The van der Waals surface area contributed by atoms with Crippen molar-refractivity contribution in [2.45, 2.75) is 0 Å². The first-order valence-electron chi connectivity index (χ1n) is 3.20. The molecule has 0 aromatic carbocycles. The zero-order valence-electron chi connectivity index (χ0n) is 6.52. The molecule has 0 bridgehead atoms. The van der Waals surface area contributed by atoms with Gasteiger partial charge in [-0.15, -0.1) is 0 Å². The summed E-state index contributed by atoms with van der Waals surface area (Å²) in [6.07, 6.45) is 0. The van der Waals surface area contributed by atoms with Crippen molar-refractivity contribution in [3.63, 3.8) is 0 Å². The number of nitrogens with zero attached hydrogens (tertiary/aromatic N) is 1. The maximum absolute atomic E-state index is 5.12. The van der Waals surface area contributed by atoms with E-state index in [1.807, 2.05) is 0 Å². The topological polar surface area (TPSA) is 40.0 Å². The molecule has 0 heterocycles. The highest BCUT2D eigenvalue weighted by Crippen LogP contribution is 2.04. The Balaban J connectivity index is 2.79. The standard InChI is InChI=1S/C5H13NO3P2/c1-7-2-3-8-4-5-9-11-6-10/h2-5,10H2,1H3. The average molecular weight is 197 g/mol. The minimum absolute atomic E-state index is 0.573. The van der Waals surface area contributed by atoms with E-state index < -0.39 is 0 Å². The van der Waals surface area contributed by atoms with E-state index in [2.05, 4.69) is 13.9 Å². The van der Waals surface area contributed by atoms with Gasteiger partial charge in [-0.05, 0) is 9.39 Å². The highest BCUT2D eigenvalue weighted by molar-refractivity contribution is 7.31. The molecule has 0 aliphatic heterocycles. The van der Waals surface area contributed by atoms with Gasteiger partial charge < -0.3 is 14.0 Å². The lowest BCUT2D eigenvalue weighted by atomic mass is 10.7. The van der Waals surface area contributed by atoms with Crippen molar-refractivity contribution < 1.29 is 14.0 Å². The van der Waals surface area contributed by atoms with E-state index in [0.717, 1.165) is 0 Å². The van der Waals surface area contributed by atoms with E-state index in [-0.39, 0.29) is 0 Å². The second-order valence-corrected chi connectivity index (χ2v) is 2.98. The minimum atomic E-state index is 0.573. The predicted molar refractivity (Wildman–Crippen MR) is 47.7 cm³/mol. The Hall–Kier alpha value is 0.410. The van der Waals surface area contributed by atoms with Crippen LogP contribution >= 0.6 is 18.0 Å². The van der Waals surface area contributed by atoms with Gasteiger partial charge in [0.1, 0.15) is 0 Å². The quantitative estimate of drug-likeness (QED) is 0.458. The molecule has 0 saturated heterocycles. The Kier molecular flexibility index (Phi) is 10.8. The molecule has 1 unspecified atom stereocenters. The van der Waals surface area contributed by atoms with Crippen LogP contribution in [-0.4, -0.2) is 33.5 Å². The number of hydrogen-bond donors (Lipinski definition) is 0. The van der Waals surface area contributed by atoms with Crippen LogP contribution in [0.2, 0.25) is 0 Å². The summed E-state index contributed by atoms with van der Waals surface area (Å²) in [7, 11) is 4.49. The molecule has 0 aliphatic carbocycles. The van der Waals surface area contributed by atoms with Gasteiger partial charge in [-0.25, -0.2) is 4.52 Å². The number of rotatable bonds is 7. The summed E-state index contributed by atoms with van der Waals surface area (Å²) >= 11 is 0. The lowest BCUT2D eigenvalue weighted by molar-refractivity contribution is 0.0572. The fourth-order valence-electron chi connectivity index (χ4n) is 0.415. The molecule has 0 saturated carbocycles. The molecule has 0 rings (SSSR count). The second-order valence-electron chi connectivity index (χ2n) is 1.64. The van der Waals surface area contributed by atoms with Crippen LogP contribution < -0.4 is 0 Å². The molecule has 0 fully saturated rings. The summed E-state index contributed by atoms with van der Waals surface area (Å²) in [6, 6.07) is 0. The van der Waals surface area contributed by atoms with Gasteiger partial charge in [0.25, 0.3) is 0 Å². The molecule has 11 heavy (non-hydrogen) atoms. The Bertz CT molecular complexity index is 102. The molecular formula is C5H13NO3P2. The van der Waals surface area contributed by atoms with Crippen LogP contribution in [0.4, 0.5) is 0 Å². The molecule has 0 aliphatic rings. The Morgan fingerprint density at radius 2 is 2.00 bits per heavy atom. The molecule has 0 N–H and O–H groups in total. The summed E-state index contributed by atoms with van der Waals surface area (Å²) in [5.41, 5.74) is 0. The van der Waals surface area contributed by atoms with E-state index in [1.54, 1.807) is 7.11 Å². The predicted octanol–water partition coefficient (Wildman–Crippen LogP) is 1.50. The summed E-state index contributed by atoms with van der Waals surface area (Å²) in [5.74, 6) is 0. The largest absolute Gasteiger partial charge is 0.382 e. The fourth-order valence-corrected chi connectivity index (χ4v) is 0.838. The van der Waals surface area contributed by atoms with Crippen molar-refractivity contribution in [1.82, 2.24) is 0 Å². The third-order valence-corrected chi connectivity index (χ3v) is 1.53. The maximum Gasteiger partial charge on any atom is 0.175 e. The van der Waals surface area contributed by atoms with Crippen LogP contribution in [-0.2, 0) is 14.0 Å². The molecule has 6 heteroatoms. The zero-order chi connectivity index (χ0) is 8.36. The highest BCUT2D eigenvalue weighted by atomic mass is 31.1. The first-order chi connectivity index (χ1) is 5.41. The van der Waals surface area contributed by atoms with E-state index in [0.29, 0.717) is 35.0 Å². The van der Waals surface area contributed by atoms with Crippen molar-refractivity contribution in [2.75, 3.05) is 33.5 Å². The van der Waals surface area contributed by atoms with Gasteiger partial charge in [-0.1, -0.05) is 0 Å². The minimum Gasteiger partial charge on any atom is -0.382 e. The van der Waals surface area contributed by atoms with Crippen molar-refractivity contribution in [1.29, 1.82) is 0 Å². The Morgan fingerprint density at radius 1 is 1.27 bits per heavy atom. The van der Waals surface area contributed by atoms with Crippen molar-refractivity contribution in [3.05, 3.63) is 0 Å². The van der Waals surface area contributed by atoms with Crippen LogP contribution in [0.25, 0.3) is 0 Å². The van der Waals surface area contributed by atoms with E-state index in [9.17, 15) is 0 Å². The van der Waals surface area contributed by atoms with Gasteiger partial charge in [0.15, 0.2) is 8.60 Å². The SMILES string of the molecule is COCCOCCOP=NP. The molecule has 0 aromatic rings. The molecule has 4 nitrogen and oxygen atoms in total. The van der Waals surface area contributed by atoms with Gasteiger partial charge >= 0.3 is 0 Å². The second kappa shape index (κ2) is 10.4. The molecule has 0 radical (unpaired) electrons. The van der Waals surface area contributed by atoms with Gasteiger partial charge in [0.05, 0.1) is 26.4 Å². The first kappa shape index (κ1) is 11.4. The van der Waals surface area contributed by atoms with Crippen LogP contribution in [0.3, 0.4) is 0 Å². The third kappa shape index (κ3) is 10.4. The summed E-state index contributed by atoms with van der Waals surface area (Å²) in [6.45, 7) is 2.42. The first-order valence-corrected chi connectivity index (χ1v) is 4.49. The molecule has 0 aromatic heterocycles. The molecule has 66 valence electrons. The zero-order valence-corrected chi connectivity index (χ0v) is 8.57. The van der Waals surface area contributed by atoms with Crippen LogP contribution in [0, 0.1) is 0 Å². The van der Waals surface area contributed by atoms with Gasteiger partial charge in [-0.2, -0.15) is 0 Å². The average Bonchev–Trinajstić information content (AvgIpc) is 2.03. The summed E-state index contributed by atoms with van der Waals surface area (Å²) < 4.78 is 18.5. The van der Waals surface area contributed by atoms with E-state index in [4.69, 9.17) is 14.0 Å². The summed E-state index contributed by atoms with van der Waals surface area (Å²) in [5, 5.41) is 0. The smallest absolute Gasteiger partial charge is 0.175 e. The lowest BCUT2D eigenvalue weighted by Crippen LogP contribution is -2.05. The number of hydrogen-bond acceptors (Lipinski definition) is 4. The normalized spacial score (nSPS) is 11.1. The molecule has 1 atom stereocenters. The van der Waals surface area contributed by atoms with Gasteiger partial charge in [-0.3, -0.25) is 0 Å². The van der Waals surface area contributed by atoms with Crippen LogP contribution in [0.5, 0.6) is 0 Å². The molecular weight excluding hydrogens is 184 g/mol. The van der Waals surface area contributed by atoms with Crippen LogP contribution in [0.1, 0.15) is 0 Å². The number of methoxy groups -OCH3 is 1. The molecule has 0 spiro atoms. The fraction of sp³-hybridized carbons (Fsp3) is 1.00. The van der Waals surface area contributed by atoms with E-state index >= 15 is 0 Å². The Morgan fingerprint density at radius 3 is 2.64 bits per heavy atom. The van der Waals surface area contributed by atoms with Crippen molar-refractivity contribution in [2.24, 2.45) is 4.52 Å². The Labute approximate surface area is 70.8 Å². The molecule has 0 amide bonds.